The third-order valence-electron chi connectivity index (χ3n) is 4.34. The van der Waals surface area contributed by atoms with Gasteiger partial charge in [-0.3, -0.25) is 9.59 Å². The van der Waals surface area contributed by atoms with E-state index in [-0.39, 0.29) is 17.9 Å². The number of sulfone groups is 1. The van der Waals surface area contributed by atoms with Gasteiger partial charge in [0.1, 0.15) is 23.2 Å². The molecule has 0 unspecified atom stereocenters. The standard InChI is InChI=1S/C18H22F2N2O6S/c1-10(2)16(22-17(24)15-12(19)4-3-5-13(15)20)18(25)28-8-14(23)21-11-6-7-29(26,27)9-11/h3-5,10-11,16H,6-9H2,1-2H3,(H,21,23)(H,22,24)/t11-,16+/m0/s1. The molecule has 0 bridgehead atoms. The summed E-state index contributed by atoms with van der Waals surface area (Å²) < 4.78 is 55.2. The molecule has 2 atom stereocenters. The Kier molecular flexibility index (Phi) is 7.28. The SMILES string of the molecule is CC(C)[C@@H](NC(=O)c1c(F)cccc1F)C(=O)OCC(=O)N[C@H]1CCS(=O)(=O)C1. The topological polar surface area (TPSA) is 119 Å². The number of rotatable bonds is 7. The van der Waals surface area contributed by atoms with E-state index < -0.39 is 69.4 Å². The van der Waals surface area contributed by atoms with Crippen LogP contribution in [0.4, 0.5) is 8.78 Å². The molecular weight excluding hydrogens is 410 g/mol. The van der Waals surface area contributed by atoms with Gasteiger partial charge in [0.25, 0.3) is 11.8 Å². The number of halogens is 2. The Balaban J connectivity index is 1.94. The molecule has 0 aliphatic carbocycles. The molecule has 8 nitrogen and oxygen atoms in total. The van der Waals surface area contributed by atoms with Gasteiger partial charge in [-0.05, 0) is 24.5 Å². The lowest BCUT2D eigenvalue weighted by Gasteiger charge is -2.21. The van der Waals surface area contributed by atoms with E-state index in [9.17, 15) is 31.6 Å². The van der Waals surface area contributed by atoms with Crippen molar-refractivity contribution in [3.05, 3.63) is 35.4 Å². The van der Waals surface area contributed by atoms with Crippen LogP contribution in [-0.2, 0) is 24.2 Å². The van der Waals surface area contributed by atoms with E-state index in [2.05, 4.69) is 10.6 Å². The van der Waals surface area contributed by atoms with E-state index in [0.29, 0.717) is 0 Å². The van der Waals surface area contributed by atoms with E-state index in [4.69, 9.17) is 4.74 Å². The average Bonchev–Trinajstić information content (AvgIpc) is 2.95. The second-order valence-electron chi connectivity index (χ2n) is 7.07. The van der Waals surface area contributed by atoms with Crippen molar-refractivity contribution in [1.82, 2.24) is 10.6 Å². The van der Waals surface area contributed by atoms with Gasteiger partial charge in [0, 0.05) is 6.04 Å². The Morgan fingerprint density at radius 2 is 1.83 bits per heavy atom. The van der Waals surface area contributed by atoms with Crippen LogP contribution in [0.25, 0.3) is 0 Å². The van der Waals surface area contributed by atoms with Crippen LogP contribution in [0.5, 0.6) is 0 Å². The Hall–Kier alpha value is -2.56. The first-order chi connectivity index (χ1) is 13.5. The maximum atomic E-state index is 13.7. The summed E-state index contributed by atoms with van der Waals surface area (Å²) in [6.45, 7) is 2.48. The van der Waals surface area contributed by atoms with Gasteiger partial charge in [-0.2, -0.15) is 0 Å². The van der Waals surface area contributed by atoms with E-state index in [1.54, 1.807) is 13.8 Å². The molecule has 0 radical (unpaired) electrons. The fourth-order valence-electron chi connectivity index (χ4n) is 2.83. The van der Waals surface area contributed by atoms with Crippen LogP contribution in [0.1, 0.15) is 30.6 Å². The van der Waals surface area contributed by atoms with Crippen molar-refractivity contribution in [3.8, 4) is 0 Å². The van der Waals surface area contributed by atoms with Crippen LogP contribution in [0.3, 0.4) is 0 Å². The molecule has 2 amide bonds. The summed E-state index contributed by atoms with van der Waals surface area (Å²) in [4.78, 5) is 36.3. The zero-order valence-electron chi connectivity index (χ0n) is 15.9. The molecule has 0 saturated carbocycles. The zero-order chi connectivity index (χ0) is 21.8. The van der Waals surface area contributed by atoms with E-state index in [1.165, 1.54) is 0 Å². The first-order valence-electron chi connectivity index (χ1n) is 8.91. The van der Waals surface area contributed by atoms with Crippen molar-refractivity contribution in [2.24, 2.45) is 5.92 Å². The third-order valence-corrected chi connectivity index (χ3v) is 6.11. The lowest BCUT2D eigenvalue weighted by atomic mass is 10.0. The van der Waals surface area contributed by atoms with Crippen molar-refractivity contribution in [2.75, 3.05) is 18.1 Å². The van der Waals surface area contributed by atoms with Crippen LogP contribution in [0, 0.1) is 17.6 Å². The van der Waals surface area contributed by atoms with Crippen LogP contribution in [-0.4, -0.2) is 56.4 Å². The maximum Gasteiger partial charge on any atom is 0.329 e. The number of amides is 2. The van der Waals surface area contributed by atoms with Crippen LogP contribution in [0.15, 0.2) is 18.2 Å². The molecule has 1 aromatic carbocycles. The van der Waals surface area contributed by atoms with Crippen molar-refractivity contribution in [2.45, 2.75) is 32.4 Å². The van der Waals surface area contributed by atoms with Crippen LogP contribution >= 0.6 is 0 Å². The molecule has 1 fully saturated rings. The second-order valence-corrected chi connectivity index (χ2v) is 9.30. The molecular formula is C18H22F2N2O6S. The first-order valence-corrected chi connectivity index (χ1v) is 10.7. The molecule has 1 heterocycles. The fraction of sp³-hybridized carbons (Fsp3) is 0.500. The van der Waals surface area contributed by atoms with Gasteiger partial charge in [0.2, 0.25) is 0 Å². The lowest BCUT2D eigenvalue weighted by Crippen LogP contribution is -2.47. The molecule has 2 rings (SSSR count). The number of ether oxygens (including phenoxy) is 1. The number of hydrogen-bond acceptors (Lipinski definition) is 6. The molecule has 0 aromatic heterocycles. The summed E-state index contributed by atoms with van der Waals surface area (Å²) in [6, 6.07) is 1.13. The fourth-order valence-corrected chi connectivity index (χ4v) is 4.50. The molecule has 0 spiro atoms. The van der Waals surface area contributed by atoms with E-state index >= 15 is 0 Å². The predicted octanol–water partition coefficient (Wildman–Crippen LogP) is 0.566. The summed E-state index contributed by atoms with van der Waals surface area (Å²) in [5.41, 5.74) is -0.828. The van der Waals surface area contributed by atoms with Gasteiger partial charge in [0.15, 0.2) is 16.4 Å². The third kappa shape index (κ3) is 6.21. The molecule has 2 N–H and O–H groups in total. The van der Waals surface area contributed by atoms with Crippen molar-refractivity contribution in [3.63, 3.8) is 0 Å². The minimum atomic E-state index is -3.18. The lowest BCUT2D eigenvalue weighted by molar-refractivity contribution is -0.151. The Bertz CT molecular complexity index is 883. The minimum Gasteiger partial charge on any atom is -0.454 e. The largest absolute Gasteiger partial charge is 0.454 e. The Labute approximate surface area is 166 Å². The van der Waals surface area contributed by atoms with Crippen molar-refractivity contribution >= 4 is 27.6 Å². The van der Waals surface area contributed by atoms with Gasteiger partial charge in [-0.25, -0.2) is 22.0 Å². The molecule has 29 heavy (non-hydrogen) atoms. The van der Waals surface area contributed by atoms with E-state index in [1.807, 2.05) is 0 Å². The molecule has 11 heteroatoms. The van der Waals surface area contributed by atoms with Crippen molar-refractivity contribution in [1.29, 1.82) is 0 Å². The van der Waals surface area contributed by atoms with Crippen LogP contribution in [0.2, 0.25) is 0 Å². The molecule has 1 aliphatic rings. The summed E-state index contributed by atoms with van der Waals surface area (Å²) in [5.74, 6) is -5.62. The van der Waals surface area contributed by atoms with Gasteiger partial charge in [-0.1, -0.05) is 19.9 Å². The van der Waals surface area contributed by atoms with Crippen LogP contribution < -0.4 is 10.6 Å². The van der Waals surface area contributed by atoms with Gasteiger partial charge < -0.3 is 15.4 Å². The van der Waals surface area contributed by atoms with Gasteiger partial charge >= 0.3 is 5.97 Å². The molecule has 1 saturated heterocycles. The Morgan fingerprint density at radius 3 is 2.34 bits per heavy atom. The van der Waals surface area contributed by atoms with Crippen molar-refractivity contribution < 1.29 is 36.3 Å². The maximum absolute atomic E-state index is 13.7. The highest BCUT2D eigenvalue weighted by Crippen LogP contribution is 2.14. The van der Waals surface area contributed by atoms with Gasteiger partial charge in [0.05, 0.1) is 11.5 Å². The summed E-state index contributed by atoms with van der Waals surface area (Å²) >= 11 is 0. The zero-order valence-corrected chi connectivity index (χ0v) is 16.7. The monoisotopic (exact) mass is 432 g/mol. The number of benzene rings is 1. The summed E-state index contributed by atoms with van der Waals surface area (Å²) in [5, 5.41) is 4.68. The smallest absolute Gasteiger partial charge is 0.329 e. The number of nitrogens with one attached hydrogen (secondary N) is 2. The number of carbonyl (C=O) groups excluding carboxylic acids is 3. The summed E-state index contributed by atoms with van der Waals surface area (Å²) in [7, 11) is -3.18. The quantitative estimate of drug-likeness (QED) is 0.608. The normalized spacial score (nSPS) is 18.9. The molecule has 160 valence electrons. The van der Waals surface area contributed by atoms with Gasteiger partial charge in [-0.15, -0.1) is 0 Å². The average molecular weight is 432 g/mol. The second kappa shape index (κ2) is 9.29. The number of esters is 1. The Morgan fingerprint density at radius 1 is 1.21 bits per heavy atom. The number of carbonyl (C=O) groups is 3. The predicted molar refractivity (Wildman–Crippen MR) is 98.6 cm³/mol. The molecule has 1 aliphatic heterocycles. The first kappa shape index (κ1) is 22.7. The highest BCUT2D eigenvalue weighted by Gasteiger charge is 2.31. The highest BCUT2D eigenvalue weighted by molar-refractivity contribution is 7.91. The number of hydrogen-bond donors (Lipinski definition) is 2. The molecule has 1 aromatic rings. The van der Waals surface area contributed by atoms with E-state index in [0.717, 1.165) is 18.2 Å². The highest BCUT2D eigenvalue weighted by atomic mass is 32.2. The minimum absolute atomic E-state index is 0.0220. The summed E-state index contributed by atoms with van der Waals surface area (Å²) in [6.07, 6.45) is 0.279.